The van der Waals surface area contributed by atoms with E-state index in [1.165, 1.54) is 0 Å². The Kier molecular flexibility index (Phi) is 4.87. The van der Waals surface area contributed by atoms with Crippen molar-refractivity contribution >= 4 is 29.9 Å². The summed E-state index contributed by atoms with van der Waals surface area (Å²) in [5, 5.41) is 5.79. The fourth-order valence-corrected chi connectivity index (χ4v) is 2.77. The predicted octanol–water partition coefficient (Wildman–Crippen LogP) is 1.68. The molecule has 0 radical (unpaired) electrons. The molecule has 6 nitrogen and oxygen atoms in total. The van der Waals surface area contributed by atoms with Gasteiger partial charge in [-0.25, -0.2) is 0 Å². The Morgan fingerprint density at radius 3 is 2.78 bits per heavy atom. The molecule has 0 bridgehead atoms. The number of nitrogens with one attached hydrogen (secondary N) is 2. The van der Waals surface area contributed by atoms with Gasteiger partial charge in [0.2, 0.25) is 0 Å². The van der Waals surface area contributed by atoms with E-state index in [9.17, 15) is 9.59 Å². The first-order chi connectivity index (χ1) is 10.4. The molecule has 7 heteroatoms. The van der Waals surface area contributed by atoms with Gasteiger partial charge in [0, 0.05) is 6.54 Å². The van der Waals surface area contributed by atoms with Crippen molar-refractivity contribution in [3.63, 3.8) is 0 Å². The lowest BCUT2D eigenvalue weighted by molar-refractivity contribution is -0.122. The highest BCUT2D eigenvalue weighted by molar-refractivity contribution is 6.04. The van der Waals surface area contributed by atoms with Crippen molar-refractivity contribution in [3.8, 4) is 5.75 Å². The third-order valence-electron chi connectivity index (χ3n) is 4.48. The molecule has 1 aromatic rings. The quantitative estimate of drug-likeness (QED) is 0.778. The summed E-state index contributed by atoms with van der Waals surface area (Å²) in [7, 11) is 0. The zero-order chi connectivity index (χ0) is 15.9. The first-order valence-electron chi connectivity index (χ1n) is 7.58. The lowest BCUT2D eigenvalue weighted by Crippen LogP contribution is -2.53. The predicted molar refractivity (Wildman–Crippen MR) is 90.1 cm³/mol. The van der Waals surface area contributed by atoms with Gasteiger partial charge in [-0.1, -0.05) is 6.07 Å². The van der Waals surface area contributed by atoms with E-state index in [1.54, 1.807) is 25.1 Å². The molecule has 3 rings (SSSR count). The van der Waals surface area contributed by atoms with Crippen molar-refractivity contribution in [1.82, 2.24) is 5.32 Å². The Bertz CT molecular complexity index is 633. The van der Waals surface area contributed by atoms with Crippen LogP contribution in [-0.4, -0.2) is 30.0 Å². The van der Waals surface area contributed by atoms with E-state index in [0.29, 0.717) is 29.5 Å². The minimum Gasteiger partial charge on any atom is -0.478 e. The molecule has 0 spiro atoms. The molecular formula is C16H22ClN3O3. The minimum absolute atomic E-state index is 0. The number of halogens is 1. The number of benzene rings is 1. The number of ether oxygens (including phenoxy) is 1. The zero-order valence-corrected chi connectivity index (χ0v) is 14.0. The Labute approximate surface area is 141 Å². The molecule has 23 heavy (non-hydrogen) atoms. The number of fused-ring (bicyclic) bond motifs is 1. The van der Waals surface area contributed by atoms with Crippen LogP contribution in [0.4, 0.5) is 5.69 Å². The van der Waals surface area contributed by atoms with Crippen LogP contribution in [0.25, 0.3) is 0 Å². The van der Waals surface area contributed by atoms with Crippen LogP contribution in [-0.2, 0) is 4.79 Å². The van der Waals surface area contributed by atoms with Crippen LogP contribution in [0.5, 0.6) is 5.75 Å². The van der Waals surface area contributed by atoms with Crippen LogP contribution in [0.1, 0.15) is 37.0 Å². The van der Waals surface area contributed by atoms with E-state index in [1.807, 2.05) is 6.92 Å². The molecule has 1 fully saturated rings. The van der Waals surface area contributed by atoms with Crippen molar-refractivity contribution in [2.75, 3.05) is 11.9 Å². The molecule has 2 amide bonds. The maximum atomic E-state index is 12.7. The summed E-state index contributed by atoms with van der Waals surface area (Å²) >= 11 is 0. The highest BCUT2D eigenvalue weighted by Gasteiger charge is 2.42. The van der Waals surface area contributed by atoms with E-state index in [0.717, 1.165) is 12.8 Å². The lowest BCUT2D eigenvalue weighted by Gasteiger charge is -2.31. The van der Waals surface area contributed by atoms with Crippen molar-refractivity contribution < 1.29 is 14.3 Å². The van der Waals surface area contributed by atoms with Gasteiger partial charge in [-0.2, -0.15) is 0 Å². The standard InChI is InChI=1S/C16H21N3O3.ClH/c1-9-14(20)18-12-5-3-4-11(13(12)22-9)15(21)19-16(2,8-17)10-6-7-10;/h3-5,9-10H,6-8,17H2,1-2H3,(H,18,20)(H,19,21);1H. The molecule has 1 aromatic carbocycles. The number of carbonyl (C=O) groups is 2. The number of rotatable bonds is 4. The fraction of sp³-hybridized carbons (Fsp3) is 0.500. The highest BCUT2D eigenvalue weighted by atomic mass is 35.5. The van der Waals surface area contributed by atoms with Crippen molar-refractivity contribution in [3.05, 3.63) is 23.8 Å². The third-order valence-corrected chi connectivity index (χ3v) is 4.48. The summed E-state index contributed by atoms with van der Waals surface area (Å²) in [6.07, 6.45) is 1.56. The molecule has 1 saturated carbocycles. The maximum absolute atomic E-state index is 12.7. The molecule has 2 atom stereocenters. The second-order valence-electron chi connectivity index (χ2n) is 6.28. The van der Waals surface area contributed by atoms with Gasteiger partial charge in [0.1, 0.15) is 0 Å². The smallest absolute Gasteiger partial charge is 0.265 e. The largest absolute Gasteiger partial charge is 0.478 e. The van der Waals surface area contributed by atoms with Crippen molar-refractivity contribution in [1.29, 1.82) is 0 Å². The SMILES string of the molecule is CC1Oc2c(cccc2C(=O)NC(C)(CN)C2CC2)NC1=O.Cl. The summed E-state index contributed by atoms with van der Waals surface area (Å²) in [5.74, 6) is 0.415. The molecule has 126 valence electrons. The average Bonchev–Trinajstić information content (AvgIpc) is 3.32. The second kappa shape index (κ2) is 6.37. The summed E-state index contributed by atoms with van der Waals surface area (Å²) in [5.41, 5.74) is 6.40. The number of nitrogens with two attached hydrogens (primary N) is 1. The minimum atomic E-state index is -0.620. The summed E-state index contributed by atoms with van der Waals surface area (Å²) < 4.78 is 5.62. The van der Waals surface area contributed by atoms with Crippen LogP contribution in [0.15, 0.2) is 18.2 Å². The van der Waals surface area contributed by atoms with Gasteiger partial charge in [-0.3, -0.25) is 9.59 Å². The molecule has 4 N–H and O–H groups in total. The topological polar surface area (TPSA) is 93.4 Å². The number of carbonyl (C=O) groups excluding carboxylic acids is 2. The number of para-hydroxylation sites is 1. The molecule has 1 aliphatic carbocycles. The van der Waals surface area contributed by atoms with Crippen LogP contribution in [0.3, 0.4) is 0 Å². The van der Waals surface area contributed by atoms with Crippen molar-refractivity contribution in [2.24, 2.45) is 11.7 Å². The van der Waals surface area contributed by atoms with Gasteiger partial charge >= 0.3 is 0 Å². The number of hydrogen-bond donors (Lipinski definition) is 3. The van der Waals surface area contributed by atoms with E-state index >= 15 is 0 Å². The second-order valence-corrected chi connectivity index (χ2v) is 6.28. The molecule has 1 heterocycles. The summed E-state index contributed by atoms with van der Waals surface area (Å²) in [6.45, 7) is 4.02. The first kappa shape index (κ1) is 17.6. The van der Waals surface area contributed by atoms with Gasteiger partial charge in [-0.15, -0.1) is 12.4 Å². The first-order valence-corrected chi connectivity index (χ1v) is 7.58. The number of hydrogen-bond acceptors (Lipinski definition) is 4. The van der Waals surface area contributed by atoms with Gasteiger partial charge in [0.15, 0.2) is 11.9 Å². The molecule has 2 aliphatic rings. The molecular weight excluding hydrogens is 318 g/mol. The van der Waals surface area contributed by atoms with Crippen LogP contribution in [0, 0.1) is 5.92 Å². The van der Waals surface area contributed by atoms with Crippen molar-refractivity contribution in [2.45, 2.75) is 38.3 Å². The molecule has 0 saturated heterocycles. The Morgan fingerprint density at radius 1 is 1.48 bits per heavy atom. The molecule has 2 unspecified atom stereocenters. The van der Waals surface area contributed by atoms with Gasteiger partial charge < -0.3 is 21.1 Å². The highest BCUT2D eigenvalue weighted by Crippen LogP contribution is 2.40. The van der Waals surface area contributed by atoms with Gasteiger partial charge in [0.25, 0.3) is 11.8 Å². The molecule has 1 aliphatic heterocycles. The van der Waals surface area contributed by atoms with Crippen LogP contribution < -0.4 is 21.1 Å². The van der Waals surface area contributed by atoms with E-state index in [2.05, 4.69) is 10.6 Å². The third kappa shape index (κ3) is 3.28. The maximum Gasteiger partial charge on any atom is 0.265 e. The monoisotopic (exact) mass is 339 g/mol. The lowest BCUT2D eigenvalue weighted by atomic mass is 9.95. The van der Waals surface area contributed by atoms with E-state index in [-0.39, 0.29) is 24.2 Å². The fourth-order valence-electron chi connectivity index (χ4n) is 2.77. The van der Waals surface area contributed by atoms with E-state index < -0.39 is 11.6 Å². The van der Waals surface area contributed by atoms with Gasteiger partial charge in [0.05, 0.1) is 16.8 Å². The average molecular weight is 340 g/mol. The number of anilines is 1. The van der Waals surface area contributed by atoms with E-state index in [4.69, 9.17) is 10.5 Å². The summed E-state index contributed by atoms with van der Waals surface area (Å²) in [6, 6.07) is 5.14. The normalized spacial score (nSPS) is 21.9. The Morgan fingerprint density at radius 2 is 2.17 bits per heavy atom. The molecule has 0 aromatic heterocycles. The zero-order valence-electron chi connectivity index (χ0n) is 13.2. The Hall–Kier alpha value is -1.79. The Balaban J connectivity index is 0.00000192. The summed E-state index contributed by atoms with van der Waals surface area (Å²) in [4.78, 5) is 24.3. The van der Waals surface area contributed by atoms with Crippen LogP contribution >= 0.6 is 12.4 Å². The number of amides is 2. The van der Waals surface area contributed by atoms with Gasteiger partial charge in [-0.05, 0) is 44.7 Å². The van der Waals surface area contributed by atoms with Crippen LogP contribution in [0.2, 0.25) is 0 Å².